The van der Waals surface area contributed by atoms with Crippen molar-refractivity contribution in [3.05, 3.63) is 29.8 Å². The molecule has 0 aliphatic carbocycles. The van der Waals surface area contributed by atoms with Crippen molar-refractivity contribution in [2.24, 2.45) is 5.92 Å². The number of benzene rings is 1. The van der Waals surface area contributed by atoms with E-state index < -0.39 is 17.7 Å². The van der Waals surface area contributed by atoms with Crippen LogP contribution in [-0.4, -0.2) is 42.2 Å². The maximum absolute atomic E-state index is 12.5. The third-order valence-corrected chi connectivity index (χ3v) is 4.26. The van der Waals surface area contributed by atoms with Gasteiger partial charge in [-0.15, -0.1) is 12.4 Å². The molecule has 1 fully saturated rings. The second-order valence-electron chi connectivity index (χ2n) is 6.11. The molecule has 142 valence electrons. The molecule has 1 atom stereocenters. The number of rotatable bonds is 6. The lowest BCUT2D eigenvalue weighted by molar-refractivity contribution is -0.138. The zero-order chi connectivity index (χ0) is 17.6. The number of nitrogens with zero attached hydrogens (tertiary/aromatic N) is 1. The molecule has 1 aliphatic rings. The van der Waals surface area contributed by atoms with Crippen LogP contribution < -0.4 is 4.74 Å². The van der Waals surface area contributed by atoms with Crippen LogP contribution in [0, 0.1) is 5.92 Å². The first-order valence-corrected chi connectivity index (χ1v) is 8.09. The van der Waals surface area contributed by atoms with Gasteiger partial charge in [0, 0.05) is 13.0 Å². The van der Waals surface area contributed by atoms with E-state index in [1.54, 1.807) is 0 Å². The third-order valence-electron chi connectivity index (χ3n) is 4.26. The Labute approximate surface area is 151 Å². The molecule has 25 heavy (non-hydrogen) atoms. The van der Waals surface area contributed by atoms with Gasteiger partial charge in [-0.3, -0.25) is 9.69 Å². The lowest BCUT2D eigenvalue weighted by atomic mass is 9.97. The number of hydrogen-bond donors (Lipinski definition) is 1. The molecule has 4 nitrogen and oxygen atoms in total. The summed E-state index contributed by atoms with van der Waals surface area (Å²) in [6.07, 6.45) is -1.39. The second kappa shape index (κ2) is 9.87. The Bertz CT molecular complexity index is 537. The van der Waals surface area contributed by atoms with E-state index in [0.717, 1.165) is 44.5 Å². The summed E-state index contributed by atoms with van der Waals surface area (Å²) in [5.41, 5.74) is -0.688. The molecule has 1 N–H and O–H groups in total. The highest BCUT2D eigenvalue weighted by Gasteiger charge is 2.30. The SMILES string of the molecule is Cl.O=C(O)CC1CCCN(CCOc2ccc(C(F)(F)F)cc2)CC1. The van der Waals surface area contributed by atoms with Gasteiger partial charge < -0.3 is 9.84 Å². The van der Waals surface area contributed by atoms with E-state index in [0.29, 0.717) is 18.9 Å². The molecule has 0 amide bonds. The summed E-state index contributed by atoms with van der Waals surface area (Å²) in [6, 6.07) is 4.68. The minimum absolute atomic E-state index is 0. The molecule has 2 rings (SSSR count). The minimum atomic E-state index is -4.34. The predicted molar refractivity (Wildman–Crippen MR) is 90.2 cm³/mol. The lowest BCUT2D eigenvalue weighted by Crippen LogP contribution is -2.29. The van der Waals surface area contributed by atoms with E-state index in [-0.39, 0.29) is 24.7 Å². The van der Waals surface area contributed by atoms with Gasteiger partial charge in [0.2, 0.25) is 0 Å². The summed E-state index contributed by atoms with van der Waals surface area (Å²) in [7, 11) is 0. The average Bonchev–Trinajstić information content (AvgIpc) is 2.72. The monoisotopic (exact) mass is 381 g/mol. The van der Waals surface area contributed by atoms with Crippen LogP contribution in [0.25, 0.3) is 0 Å². The van der Waals surface area contributed by atoms with Crippen molar-refractivity contribution in [2.75, 3.05) is 26.2 Å². The molecular weight excluding hydrogens is 359 g/mol. The third kappa shape index (κ3) is 7.52. The summed E-state index contributed by atoms with van der Waals surface area (Å²) < 4.78 is 42.9. The Morgan fingerprint density at radius 3 is 2.48 bits per heavy atom. The lowest BCUT2D eigenvalue weighted by Gasteiger charge is -2.20. The summed E-state index contributed by atoms with van der Waals surface area (Å²) in [5.74, 6) is -0.107. The number of aliphatic carboxylic acids is 1. The van der Waals surface area contributed by atoms with Crippen LogP contribution in [0.1, 0.15) is 31.2 Å². The zero-order valence-electron chi connectivity index (χ0n) is 13.8. The minimum Gasteiger partial charge on any atom is -0.492 e. The normalized spacial score (nSPS) is 18.9. The van der Waals surface area contributed by atoms with Crippen molar-refractivity contribution in [2.45, 2.75) is 31.9 Å². The van der Waals surface area contributed by atoms with Crippen molar-refractivity contribution in [3.8, 4) is 5.75 Å². The second-order valence-corrected chi connectivity index (χ2v) is 6.11. The molecule has 1 aromatic rings. The quantitative estimate of drug-likeness (QED) is 0.806. The van der Waals surface area contributed by atoms with E-state index in [1.807, 2.05) is 0 Å². The fourth-order valence-electron chi connectivity index (χ4n) is 2.93. The molecule has 0 spiro atoms. The summed E-state index contributed by atoms with van der Waals surface area (Å²) in [6.45, 7) is 2.80. The standard InChI is InChI=1S/C17H22F3NO3.ClH/c18-17(19,20)14-3-5-15(6-4-14)24-11-10-21-8-1-2-13(7-9-21)12-16(22)23;/h3-6,13H,1-2,7-12H2,(H,22,23);1H. The van der Waals surface area contributed by atoms with Crippen LogP contribution in [-0.2, 0) is 11.0 Å². The number of carboxylic acid groups (broad SMARTS) is 1. The van der Waals surface area contributed by atoms with Gasteiger partial charge in [-0.05, 0) is 62.5 Å². The number of carboxylic acids is 1. The molecule has 8 heteroatoms. The van der Waals surface area contributed by atoms with Crippen molar-refractivity contribution < 1.29 is 27.8 Å². The van der Waals surface area contributed by atoms with Gasteiger partial charge in [0.05, 0.1) is 5.56 Å². The Balaban J connectivity index is 0.00000312. The number of carbonyl (C=O) groups is 1. The molecule has 1 unspecified atom stereocenters. The summed E-state index contributed by atoms with van der Waals surface area (Å²) in [5, 5.41) is 8.86. The first kappa shape index (κ1) is 21.6. The molecule has 0 bridgehead atoms. The predicted octanol–water partition coefficient (Wildman–Crippen LogP) is 4.08. The van der Waals surface area contributed by atoms with Crippen LogP contribution in [0.4, 0.5) is 13.2 Å². The maximum atomic E-state index is 12.5. The van der Waals surface area contributed by atoms with E-state index in [2.05, 4.69) is 4.90 Å². The highest BCUT2D eigenvalue weighted by atomic mass is 35.5. The Kier molecular flexibility index (Phi) is 8.52. The Morgan fingerprint density at radius 2 is 1.88 bits per heavy atom. The summed E-state index contributed by atoms with van der Waals surface area (Å²) in [4.78, 5) is 13.0. The smallest absolute Gasteiger partial charge is 0.416 e. The van der Waals surface area contributed by atoms with Crippen LogP contribution in [0.2, 0.25) is 0 Å². The number of halogens is 4. The molecule has 1 aromatic carbocycles. The van der Waals surface area contributed by atoms with Crippen molar-refractivity contribution in [1.29, 1.82) is 0 Å². The number of likely N-dealkylation sites (tertiary alicyclic amines) is 1. The number of alkyl halides is 3. The van der Waals surface area contributed by atoms with Crippen LogP contribution in [0.15, 0.2) is 24.3 Å². The Morgan fingerprint density at radius 1 is 1.20 bits per heavy atom. The average molecular weight is 382 g/mol. The van der Waals surface area contributed by atoms with Gasteiger partial charge in [0.25, 0.3) is 0 Å². The molecule has 1 saturated heterocycles. The van der Waals surface area contributed by atoms with Crippen molar-refractivity contribution >= 4 is 18.4 Å². The van der Waals surface area contributed by atoms with E-state index in [9.17, 15) is 18.0 Å². The van der Waals surface area contributed by atoms with Gasteiger partial charge in [0.15, 0.2) is 0 Å². The van der Waals surface area contributed by atoms with Crippen LogP contribution in [0.5, 0.6) is 5.75 Å². The molecule has 1 heterocycles. The number of ether oxygens (including phenoxy) is 1. The van der Waals surface area contributed by atoms with Gasteiger partial charge >= 0.3 is 12.1 Å². The first-order valence-electron chi connectivity index (χ1n) is 8.09. The molecule has 0 saturated carbocycles. The molecular formula is C17H23ClF3NO3. The van der Waals surface area contributed by atoms with Gasteiger partial charge in [-0.25, -0.2) is 0 Å². The van der Waals surface area contributed by atoms with Crippen LogP contribution in [0.3, 0.4) is 0 Å². The fourth-order valence-corrected chi connectivity index (χ4v) is 2.93. The maximum Gasteiger partial charge on any atom is 0.416 e. The first-order chi connectivity index (χ1) is 11.3. The zero-order valence-corrected chi connectivity index (χ0v) is 14.6. The Hall–Kier alpha value is -1.47. The highest BCUT2D eigenvalue weighted by Crippen LogP contribution is 2.30. The van der Waals surface area contributed by atoms with Gasteiger partial charge in [-0.2, -0.15) is 13.2 Å². The van der Waals surface area contributed by atoms with Gasteiger partial charge in [-0.1, -0.05) is 0 Å². The van der Waals surface area contributed by atoms with E-state index >= 15 is 0 Å². The molecule has 0 aromatic heterocycles. The van der Waals surface area contributed by atoms with E-state index in [4.69, 9.17) is 9.84 Å². The van der Waals surface area contributed by atoms with Gasteiger partial charge in [0.1, 0.15) is 12.4 Å². The molecule has 1 aliphatic heterocycles. The van der Waals surface area contributed by atoms with E-state index in [1.165, 1.54) is 12.1 Å². The fraction of sp³-hybridized carbons (Fsp3) is 0.588. The summed E-state index contributed by atoms with van der Waals surface area (Å²) >= 11 is 0. The van der Waals surface area contributed by atoms with Crippen molar-refractivity contribution in [3.63, 3.8) is 0 Å². The van der Waals surface area contributed by atoms with Crippen molar-refractivity contribution in [1.82, 2.24) is 4.90 Å². The number of hydrogen-bond acceptors (Lipinski definition) is 3. The largest absolute Gasteiger partial charge is 0.492 e. The topological polar surface area (TPSA) is 49.8 Å². The highest BCUT2D eigenvalue weighted by molar-refractivity contribution is 5.85. The van der Waals surface area contributed by atoms with Crippen LogP contribution >= 0.6 is 12.4 Å². The molecule has 0 radical (unpaired) electrons.